The average Bonchev–Trinajstić information content (AvgIpc) is 3.58. The largest absolute Gasteiger partial charge is 0.573 e. The van der Waals surface area contributed by atoms with Crippen LogP contribution in [0.3, 0.4) is 0 Å². The molecule has 4 aromatic carbocycles. The van der Waals surface area contributed by atoms with Gasteiger partial charge in [0.15, 0.2) is 23.5 Å². The lowest BCUT2D eigenvalue weighted by atomic mass is 9.75. The molecule has 2 aliphatic rings. The predicted molar refractivity (Wildman–Crippen MR) is 254 cm³/mol. The third kappa shape index (κ3) is 12.8. The minimum atomic E-state index is -5.12. The molecule has 2 unspecified atom stereocenters. The topological polar surface area (TPSA) is 191 Å². The number of ether oxygens (including phenoxy) is 5. The first kappa shape index (κ1) is 56.3. The van der Waals surface area contributed by atoms with Gasteiger partial charge in [-0.15, -0.1) is 13.2 Å². The average molecular weight is 1070 g/mol. The number of rotatable bonds is 19. The summed E-state index contributed by atoms with van der Waals surface area (Å²) in [6, 6.07) is 13.6. The van der Waals surface area contributed by atoms with Crippen molar-refractivity contribution in [1.29, 1.82) is 0 Å². The summed E-state index contributed by atoms with van der Waals surface area (Å²) in [7, 11) is -4.56. The number of halogens is 7. The number of carbonyl (C=O) groups is 5. The van der Waals surface area contributed by atoms with Crippen molar-refractivity contribution in [3.63, 3.8) is 0 Å². The van der Waals surface area contributed by atoms with Gasteiger partial charge in [-0.3, -0.25) is 23.9 Å². The molecule has 4 aromatic rings. The van der Waals surface area contributed by atoms with E-state index >= 15 is 4.57 Å². The Balaban J connectivity index is 1.55. The maximum atomic E-state index is 15.2. The fourth-order valence-corrected chi connectivity index (χ4v) is 9.53. The standard InChI is InChI=1S/C50H52ClF6N2O13P/c1-28(60)16-17-29-24-35-41(39(51)40(29)71-45(64)47(5,6)7)69-37-26-36(70-44(63)46(2,3)4)31-14-8-9-15-32(31)38(37)48(35)34-25-30(18-19-33(34)42(61)72-48)73(65,67-22-12-10-20-58-27-66-50(55,56)57)68-23-13-11-21-59-43(62)49(52,53)54/h8-9,14-15,18-19,24-27H,10-13,16-17,20-23H2,1-7H3,(H,59,62). The minimum Gasteiger partial charge on any atom is -0.455 e. The van der Waals surface area contributed by atoms with Gasteiger partial charge in [-0.05, 0) is 116 Å². The van der Waals surface area contributed by atoms with Crippen LogP contribution in [0.4, 0.5) is 26.3 Å². The van der Waals surface area contributed by atoms with E-state index in [0.717, 1.165) is 0 Å². The van der Waals surface area contributed by atoms with E-state index in [1.807, 2.05) is 0 Å². The van der Waals surface area contributed by atoms with Gasteiger partial charge in [0.2, 0.25) is 0 Å². The lowest BCUT2D eigenvalue weighted by molar-refractivity contribution is -0.280. The SMILES string of the molecule is CC(=O)CCc1cc2c(c(Cl)c1OC(=O)C(C)(C)C)Oc1cc(OC(=O)C(C)(C)C)c3ccccc3c1C21OC(=O)c2ccc(P(=O)(OCCCCN=COC(F)(F)F)OCCCCNC(=O)C(F)(F)F)cc21. The Morgan fingerprint density at radius 1 is 0.822 bits per heavy atom. The molecule has 6 rings (SSSR count). The van der Waals surface area contributed by atoms with Gasteiger partial charge in [-0.2, -0.15) is 13.2 Å². The molecule has 23 heteroatoms. The number of ketones is 1. The molecule has 15 nitrogen and oxygen atoms in total. The van der Waals surface area contributed by atoms with Gasteiger partial charge in [0.1, 0.15) is 22.3 Å². The number of Topliss-reactive ketones (excluding diaryl/α,β-unsaturated/α-hetero) is 1. The second-order valence-corrected chi connectivity index (χ2v) is 21.5. The molecule has 394 valence electrons. The summed E-state index contributed by atoms with van der Waals surface area (Å²) >= 11 is 7.26. The molecule has 1 spiro atoms. The van der Waals surface area contributed by atoms with Crippen LogP contribution in [0.2, 0.25) is 5.02 Å². The Morgan fingerprint density at radius 3 is 2.07 bits per heavy atom. The predicted octanol–water partition coefficient (Wildman–Crippen LogP) is 11.1. The second-order valence-electron chi connectivity index (χ2n) is 19.1. The lowest BCUT2D eigenvalue weighted by Gasteiger charge is -2.39. The normalized spacial score (nSPS) is 16.3. The molecule has 0 fully saturated rings. The summed E-state index contributed by atoms with van der Waals surface area (Å²) in [5.74, 6) is -4.90. The zero-order valence-electron chi connectivity index (χ0n) is 40.7. The van der Waals surface area contributed by atoms with E-state index in [4.69, 9.17) is 39.6 Å². The summed E-state index contributed by atoms with van der Waals surface area (Å²) < 4.78 is 131. The quantitative estimate of drug-likeness (QED) is 0.0178. The van der Waals surface area contributed by atoms with E-state index in [1.165, 1.54) is 37.3 Å². The summed E-state index contributed by atoms with van der Waals surface area (Å²) in [6.07, 6.45) is -9.78. The van der Waals surface area contributed by atoms with Gasteiger partial charge in [-0.1, -0.05) is 35.9 Å². The number of esters is 3. The van der Waals surface area contributed by atoms with Crippen molar-refractivity contribution in [3.05, 3.63) is 87.4 Å². The Hall–Kier alpha value is -6.02. The Morgan fingerprint density at radius 2 is 1.45 bits per heavy atom. The van der Waals surface area contributed by atoms with E-state index < -0.39 is 66.9 Å². The van der Waals surface area contributed by atoms with Crippen LogP contribution >= 0.6 is 19.2 Å². The number of amides is 1. The molecule has 1 N–H and O–H groups in total. The molecule has 0 aromatic heterocycles. The first-order valence-corrected chi connectivity index (χ1v) is 24.8. The Kier molecular flexibility index (Phi) is 16.8. The summed E-state index contributed by atoms with van der Waals surface area (Å²) in [5, 5.41) is 2.03. The van der Waals surface area contributed by atoms with Crippen molar-refractivity contribution in [2.75, 3.05) is 26.3 Å². The van der Waals surface area contributed by atoms with Crippen molar-refractivity contribution in [2.45, 2.75) is 105 Å². The van der Waals surface area contributed by atoms with Crippen LogP contribution < -0.4 is 24.8 Å². The van der Waals surface area contributed by atoms with E-state index in [9.17, 15) is 50.3 Å². The number of aryl methyl sites for hydroxylation is 1. The van der Waals surface area contributed by atoms with E-state index in [1.54, 1.807) is 71.1 Å². The van der Waals surface area contributed by atoms with Gasteiger partial charge in [0, 0.05) is 42.1 Å². The third-order valence-corrected chi connectivity index (χ3v) is 13.6. The van der Waals surface area contributed by atoms with Crippen molar-refractivity contribution < 1.29 is 87.6 Å². The number of nitrogens with zero attached hydrogens (tertiary/aromatic N) is 1. The van der Waals surface area contributed by atoms with E-state index in [2.05, 4.69) is 9.73 Å². The van der Waals surface area contributed by atoms with Crippen molar-refractivity contribution in [2.24, 2.45) is 15.8 Å². The van der Waals surface area contributed by atoms with Crippen molar-refractivity contribution in [3.8, 4) is 23.0 Å². The lowest BCUT2D eigenvalue weighted by Crippen LogP contribution is -2.37. The van der Waals surface area contributed by atoms with Crippen LogP contribution in [0, 0.1) is 10.8 Å². The molecule has 2 atom stereocenters. The smallest absolute Gasteiger partial charge is 0.455 e. The number of hydrogen-bond acceptors (Lipinski definition) is 14. The number of hydrogen-bond donors (Lipinski definition) is 1. The van der Waals surface area contributed by atoms with Crippen LogP contribution in [0.25, 0.3) is 10.8 Å². The number of alkyl halides is 6. The highest BCUT2D eigenvalue weighted by Crippen LogP contribution is 2.62. The molecule has 1 amide bonds. The third-order valence-electron chi connectivity index (χ3n) is 11.3. The van der Waals surface area contributed by atoms with Crippen molar-refractivity contribution >= 4 is 71.3 Å². The zero-order chi connectivity index (χ0) is 53.9. The molecule has 73 heavy (non-hydrogen) atoms. The first-order valence-electron chi connectivity index (χ1n) is 22.9. The number of nitrogens with one attached hydrogen (secondary N) is 1. The Bertz CT molecular complexity index is 2890. The summed E-state index contributed by atoms with van der Waals surface area (Å²) in [4.78, 5) is 68.8. The maximum absolute atomic E-state index is 15.2. The van der Waals surface area contributed by atoms with Gasteiger partial charge in [0.05, 0.1) is 40.5 Å². The van der Waals surface area contributed by atoms with Crippen LogP contribution in [-0.2, 0) is 54.3 Å². The number of unbranched alkanes of at least 4 members (excludes halogenated alkanes) is 2. The molecule has 2 aliphatic heterocycles. The fraction of sp³-hybridized carbons (Fsp3) is 0.440. The van der Waals surface area contributed by atoms with Crippen LogP contribution in [0.5, 0.6) is 23.0 Å². The fourth-order valence-electron chi connectivity index (χ4n) is 7.57. The molecule has 2 heterocycles. The van der Waals surface area contributed by atoms with E-state index in [-0.39, 0.29) is 132 Å². The monoisotopic (exact) mass is 1070 g/mol. The second kappa shape index (κ2) is 21.8. The molecule has 0 bridgehead atoms. The van der Waals surface area contributed by atoms with Gasteiger partial charge in [-0.25, -0.2) is 4.79 Å². The van der Waals surface area contributed by atoms with Crippen LogP contribution in [0.1, 0.15) is 113 Å². The molecular weight excluding hydrogens is 1020 g/mol. The molecule has 0 radical (unpaired) electrons. The zero-order valence-corrected chi connectivity index (χ0v) is 42.3. The highest BCUT2D eigenvalue weighted by Gasteiger charge is 2.56. The number of fused-ring (bicyclic) bond motifs is 8. The number of benzene rings is 4. The minimum absolute atomic E-state index is 0.0290. The molecular formula is C50H52ClF6N2O13P. The number of aliphatic imine (C=N–C) groups is 1. The van der Waals surface area contributed by atoms with E-state index in [0.29, 0.717) is 10.8 Å². The van der Waals surface area contributed by atoms with Gasteiger partial charge < -0.3 is 42.8 Å². The summed E-state index contributed by atoms with van der Waals surface area (Å²) in [6.45, 7) is 9.93. The first-order chi connectivity index (χ1) is 34.0. The van der Waals surface area contributed by atoms with Gasteiger partial charge in [0.25, 0.3) is 0 Å². The van der Waals surface area contributed by atoms with Gasteiger partial charge >= 0.3 is 43.9 Å². The van der Waals surface area contributed by atoms with Crippen LogP contribution in [0.15, 0.2) is 59.6 Å². The molecule has 0 aliphatic carbocycles. The van der Waals surface area contributed by atoms with Crippen LogP contribution in [-0.4, -0.2) is 74.8 Å². The number of carbonyl (C=O) groups excluding carboxylic acids is 5. The molecule has 0 saturated heterocycles. The highest BCUT2D eigenvalue weighted by atomic mass is 35.5. The summed E-state index contributed by atoms with van der Waals surface area (Å²) in [5.41, 5.74) is -3.65. The maximum Gasteiger partial charge on any atom is 0.573 e. The Labute approximate surface area is 420 Å². The molecule has 0 saturated carbocycles. The highest BCUT2D eigenvalue weighted by molar-refractivity contribution is 7.62. The van der Waals surface area contributed by atoms with Crippen molar-refractivity contribution in [1.82, 2.24) is 5.32 Å².